The summed E-state index contributed by atoms with van der Waals surface area (Å²) in [5.74, 6) is 1.20. The predicted octanol–water partition coefficient (Wildman–Crippen LogP) is 10.9. The molecule has 0 aliphatic heterocycles. The van der Waals surface area contributed by atoms with Crippen LogP contribution in [0.5, 0.6) is 0 Å². The fourth-order valence-corrected chi connectivity index (χ4v) is 6.63. The number of nitrogens with two attached hydrogens (primary N) is 1. The third kappa shape index (κ3) is 29.5. The van der Waals surface area contributed by atoms with E-state index in [0.29, 0.717) is 19.3 Å². The van der Waals surface area contributed by atoms with Gasteiger partial charge in [-0.05, 0) is 82.8 Å². The Kier molecular flexibility index (Phi) is 32.3. The van der Waals surface area contributed by atoms with Crippen LogP contribution in [-0.4, -0.2) is 60.5 Å². The molecular weight excluding hydrogens is 769 g/mol. The number of aliphatic hydroxyl groups excluding tert-OH is 1. The van der Waals surface area contributed by atoms with Gasteiger partial charge in [0.2, 0.25) is 0 Å². The van der Waals surface area contributed by atoms with E-state index in [4.69, 9.17) is 28.7 Å². The van der Waals surface area contributed by atoms with Crippen LogP contribution in [0.15, 0.2) is 77.3 Å². The first-order valence-corrected chi connectivity index (χ1v) is 23.4. The van der Waals surface area contributed by atoms with E-state index in [1.807, 2.05) is 18.2 Å². The Balaban J connectivity index is 2.39. The Hall–Kier alpha value is -3.31. The van der Waals surface area contributed by atoms with E-state index in [1.54, 1.807) is 18.2 Å². The van der Waals surface area contributed by atoms with Crippen LogP contribution in [0.3, 0.4) is 0 Å². The number of furan rings is 1. The molecule has 1 rings (SSSR count). The smallest absolute Gasteiger partial charge is 0.466 e. The lowest BCUT2D eigenvalue weighted by molar-refractivity contribution is -0.161. The predicted molar refractivity (Wildman–Crippen MR) is 238 cm³/mol. The van der Waals surface area contributed by atoms with Crippen molar-refractivity contribution in [2.45, 2.75) is 162 Å². The average Bonchev–Trinajstić information content (AvgIpc) is 3.48. The van der Waals surface area contributed by atoms with Gasteiger partial charge in [0.25, 0.3) is 0 Å². The maximum Gasteiger partial charge on any atom is 0.472 e. The van der Waals surface area contributed by atoms with E-state index in [-0.39, 0.29) is 32.6 Å². The molecule has 3 atom stereocenters. The van der Waals surface area contributed by atoms with E-state index in [0.717, 1.165) is 88.6 Å². The molecule has 0 aliphatic carbocycles. The molecule has 0 saturated carbocycles. The SMILES string of the molecule is CC/C=C\C/C=C\C/C=C\C/C=C\C=C/C(O)C/C=C\CCC(=O)O[C@H](COC(=O)CCCCCCCCc1oc(CCCCC)c(C)c1C)COP(=O)(O)OCCN. The van der Waals surface area contributed by atoms with Crippen LogP contribution in [0.4, 0.5) is 0 Å². The fraction of sp³-hybridized carbons (Fsp3) is 0.617. The number of aliphatic hydroxyl groups is 1. The third-order valence-corrected chi connectivity index (χ3v) is 10.4. The fourth-order valence-electron chi connectivity index (χ4n) is 5.86. The van der Waals surface area contributed by atoms with E-state index in [9.17, 15) is 24.2 Å². The summed E-state index contributed by atoms with van der Waals surface area (Å²) in [6.07, 6.45) is 38.1. The molecule has 0 bridgehead atoms. The molecule has 0 aromatic carbocycles. The molecule has 0 aliphatic rings. The molecule has 334 valence electrons. The summed E-state index contributed by atoms with van der Waals surface area (Å²) in [6.45, 7) is 7.62. The molecule has 1 aromatic rings. The molecule has 4 N–H and O–H groups in total. The van der Waals surface area contributed by atoms with Crippen LogP contribution in [-0.2, 0) is 45.5 Å². The lowest BCUT2D eigenvalue weighted by atomic mass is 10.0. The van der Waals surface area contributed by atoms with Crippen molar-refractivity contribution in [3.05, 3.63) is 95.6 Å². The van der Waals surface area contributed by atoms with Gasteiger partial charge in [-0.2, -0.15) is 0 Å². The van der Waals surface area contributed by atoms with E-state index in [1.165, 1.54) is 24.0 Å². The zero-order chi connectivity index (χ0) is 43.4. The van der Waals surface area contributed by atoms with Crippen molar-refractivity contribution in [2.75, 3.05) is 26.4 Å². The minimum Gasteiger partial charge on any atom is -0.466 e. The summed E-state index contributed by atoms with van der Waals surface area (Å²) >= 11 is 0. The first kappa shape index (κ1) is 53.7. The summed E-state index contributed by atoms with van der Waals surface area (Å²) in [7, 11) is -4.45. The highest BCUT2D eigenvalue weighted by Gasteiger charge is 2.26. The summed E-state index contributed by atoms with van der Waals surface area (Å²) in [4.78, 5) is 35.0. The zero-order valence-electron chi connectivity index (χ0n) is 36.5. The van der Waals surface area contributed by atoms with Crippen molar-refractivity contribution >= 4 is 19.8 Å². The van der Waals surface area contributed by atoms with Crippen LogP contribution < -0.4 is 5.73 Å². The van der Waals surface area contributed by atoms with Gasteiger partial charge < -0.3 is 29.6 Å². The third-order valence-electron chi connectivity index (χ3n) is 9.40. The van der Waals surface area contributed by atoms with Crippen molar-refractivity contribution in [3.8, 4) is 0 Å². The number of hydrogen-bond acceptors (Lipinski definition) is 10. The monoisotopic (exact) mass is 846 g/mol. The highest BCUT2D eigenvalue weighted by atomic mass is 31.2. The second-order valence-electron chi connectivity index (χ2n) is 14.6. The number of phosphoric acid groups is 1. The Bertz CT molecular complexity index is 1490. The van der Waals surface area contributed by atoms with Crippen molar-refractivity contribution in [2.24, 2.45) is 5.73 Å². The molecule has 12 heteroatoms. The van der Waals surface area contributed by atoms with Crippen LogP contribution in [0.2, 0.25) is 0 Å². The number of carbonyl (C=O) groups excluding carboxylic acids is 2. The maximum absolute atomic E-state index is 12.6. The number of phosphoric ester groups is 1. The lowest BCUT2D eigenvalue weighted by Gasteiger charge is -2.19. The van der Waals surface area contributed by atoms with Crippen molar-refractivity contribution in [1.29, 1.82) is 0 Å². The minimum atomic E-state index is -4.45. The highest BCUT2D eigenvalue weighted by Crippen LogP contribution is 2.43. The number of unbranched alkanes of at least 4 members (excludes halogenated alkanes) is 7. The van der Waals surface area contributed by atoms with Gasteiger partial charge in [0, 0.05) is 32.2 Å². The second kappa shape index (κ2) is 35.4. The number of esters is 2. The molecule has 0 radical (unpaired) electrons. The number of hydrogen-bond donors (Lipinski definition) is 3. The summed E-state index contributed by atoms with van der Waals surface area (Å²) < 4.78 is 38.9. The van der Waals surface area contributed by atoms with Gasteiger partial charge in [0.05, 0.1) is 19.3 Å². The Morgan fingerprint density at radius 2 is 1.34 bits per heavy atom. The molecule has 1 heterocycles. The maximum atomic E-state index is 12.6. The molecule has 0 spiro atoms. The van der Waals surface area contributed by atoms with Gasteiger partial charge in [0.15, 0.2) is 6.10 Å². The summed E-state index contributed by atoms with van der Waals surface area (Å²) in [5, 5.41) is 10.2. The van der Waals surface area contributed by atoms with E-state index < -0.39 is 38.6 Å². The van der Waals surface area contributed by atoms with Crippen molar-refractivity contribution < 1.29 is 47.1 Å². The Morgan fingerprint density at radius 1 is 0.729 bits per heavy atom. The van der Waals surface area contributed by atoms with Crippen molar-refractivity contribution in [3.63, 3.8) is 0 Å². The normalized spacial score (nSPS) is 14.5. The van der Waals surface area contributed by atoms with E-state index >= 15 is 0 Å². The number of ether oxygens (including phenoxy) is 2. The zero-order valence-corrected chi connectivity index (χ0v) is 37.4. The van der Waals surface area contributed by atoms with Gasteiger partial charge in [0.1, 0.15) is 18.1 Å². The number of carbonyl (C=O) groups is 2. The van der Waals surface area contributed by atoms with Crippen LogP contribution in [0.25, 0.3) is 0 Å². The number of rotatable bonds is 36. The van der Waals surface area contributed by atoms with Crippen LogP contribution in [0.1, 0.15) is 146 Å². The number of allylic oxidation sites excluding steroid dienone is 10. The van der Waals surface area contributed by atoms with Gasteiger partial charge in [-0.15, -0.1) is 0 Å². The first-order valence-electron chi connectivity index (χ1n) is 21.9. The molecule has 2 unspecified atom stereocenters. The standard InChI is InChI=1S/C47H76NO10P/c1-5-7-9-10-11-12-13-14-15-16-17-20-25-30-42(49)31-26-23-29-35-47(51)57-43(39-56-59(52,53)55-37-36-48)38-54-46(50)34-28-22-19-18-21-27-33-45-41(4)40(3)44(58-45)32-24-8-6-2/h7,9,11-12,14-15,17,20,23,25-26,30,42-43,49H,5-6,8,10,13,16,18-19,21-22,24,27-29,31-39,48H2,1-4H3,(H,52,53)/b9-7-,12-11-,15-14-,20-17-,26-23-,30-25-/t42?,43-/m1/s1. The Morgan fingerprint density at radius 3 is 1.98 bits per heavy atom. The second-order valence-corrected chi connectivity index (χ2v) is 16.1. The van der Waals surface area contributed by atoms with E-state index in [2.05, 4.69) is 64.2 Å². The topological polar surface area (TPSA) is 168 Å². The van der Waals surface area contributed by atoms with Crippen molar-refractivity contribution in [1.82, 2.24) is 0 Å². The molecule has 0 amide bonds. The average molecular weight is 846 g/mol. The summed E-state index contributed by atoms with van der Waals surface area (Å²) in [6, 6.07) is 0. The van der Waals surface area contributed by atoms with Crippen LogP contribution in [0, 0.1) is 13.8 Å². The van der Waals surface area contributed by atoms with Crippen LogP contribution >= 0.6 is 7.82 Å². The molecule has 0 fully saturated rings. The summed E-state index contributed by atoms with van der Waals surface area (Å²) in [5.41, 5.74) is 7.92. The van der Waals surface area contributed by atoms with Gasteiger partial charge in [-0.3, -0.25) is 18.6 Å². The molecule has 1 aromatic heterocycles. The lowest BCUT2D eigenvalue weighted by Crippen LogP contribution is -2.29. The highest BCUT2D eigenvalue weighted by molar-refractivity contribution is 7.47. The van der Waals surface area contributed by atoms with Gasteiger partial charge >= 0.3 is 19.8 Å². The largest absolute Gasteiger partial charge is 0.472 e. The minimum absolute atomic E-state index is 0.0101. The first-order chi connectivity index (χ1) is 28.5. The van der Waals surface area contributed by atoms with Gasteiger partial charge in [-0.1, -0.05) is 125 Å². The molecular formula is C47H76NO10P. The van der Waals surface area contributed by atoms with Gasteiger partial charge in [-0.25, -0.2) is 4.57 Å². The quantitative estimate of drug-likeness (QED) is 0.0193. The molecule has 59 heavy (non-hydrogen) atoms. The molecule has 11 nitrogen and oxygen atoms in total. The Labute approximate surface area is 355 Å². The number of aryl methyl sites for hydroxylation is 2. The molecule has 0 saturated heterocycles.